The number of halogens is 1. The fraction of sp³-hybridized carbons (Fsp3) is 0.346. The first kappa shape index (κ1) is 23.2. The summed E-state index contributed by atoms with van der Waals surface area (Å²) in [4.78, 5) is 23.6. The summed E-state index contributed by atoms with van der Waals surface area (Å²) in [6.07, 6.45) is 3.86. The Bertz CT molecular complexity index is 1140. The van der Waals surface area contributed by atoms with Crippen molar-refractivity contribution in [2.24, 2.45) is 11.8 Å². The molecule has 4 rings (SSSR count). The third-order valence-electron chi connectivity index (χ3n) is 6.18. The minimum absolute atomic E-state index is 0.113. The van der Waals surface area contributed by atoms with Crippen LogP contribution in [0.2, 0.25) is 5.02 Å². The topological polar surface area (TPSA) is 81.4 Å². The summed E-state index contributed by atoms with van der Waals surface area (Å²) in [7, 11) is 0. The smallest absolute Gasteiger partial charge is 0.329 e. The van der Waals surface area contributed by atoms with E-state index in [0.717, 1.165) is 48.1 Å². The highest BCUT2D eigenvalue weighted by Crippen LogP contribution is 2.32. The van der Waals surface area contributed by atoms with Gasteiger partial charge in [0.2, 0.25) is 0 Å². The van der Waals surface area contributed by atoms with Gasteiger partial charge in [0, 0.05) is 28.8 Å². The number of aromatic nitrogens is 2. The lowest BCUT2D eigenvalue weighted by Crippen LogP contribution is -2.29. The average molecular weight is 467 g/mol. The molecule has 1 N–H and O–H groups in total. The van der Waals surface area contributed by atoms with E-state index in [1.54, 1.807) is 10.7 Å². The quantitative estimate of drug-likeness (QED) is 0.497. The third-order valence-corrected chi connectivity index (χ3v) is 6.43. The molecule has 0 amide bonds. The second kappa shape index (κ2) is 10.8. The van der Waals surface area contributed by atoms with Gasteiger partial charge in [0.05, 0.1) is 12.3 Å². The minimum Gasteiger partial charge on any atom is -0.480 e. The number of ether oxygens (including phenoxy) is 1. The maximum absolute atomic E-state index is 13.0. The molecule has 0 radical (unpaired) electrons. The van der Waals surface area contributed by atoms with Crippen molar-refractivity contribution < 1.29 is 14.6 Å². The molecule has 1 aliphatic carbocycles. The lowest BCUT2D eigenvalue weighted by atomic mass is 9.82. The highest BCUT2D eigenvalue weighted by Gasteiger charge is 2.23. The lowest BCUT2D eigenvalue weighted by molar-refractivity contribution is -0.142. The average Bonchev–Trinajstić information content (AvgIpc) is 2.82. The fourth-order valence-corrected chi connectivity index (χ4v) is 4.54. The van der Waals surface area contributed by atoms with Crippen LogP contribution in [0.15, 0.2) is 65.5 Å². The monoisotopic (exact) mass is 466 g/mol. The SMILES string of the molecule is O=C(O)COCC1CCC(Cn2nc(-c3ccc(Cl)cc3)c(-c3ccccc3)cc2=O)CC1. The summed E-state index contributed by atoms with van der Waals surface area (Å²) in [5.74, 6) is -0.216. The van der Waals surface area contributed by atoms with Gasteiger partial charge in [-0.25, -0.2) is 9.48 Å². The van der Waals surface area contributed by atoms with E-state index in [4.69, 9.17) is 26.5 Å². The minimum atomic E-state index is -0.940. The molecule has 1 heterocycles. The van der Waals surface area contributed by atoms with Gasteiger partial charge in [0.1, 0.15) is 6.61 Å². The molecule has 0 aliphatic heterocycles. The van der Waals surface area contributed by atoms with Crippen molar-refractivity contribution in [2.75, 3.05) is 13.2 Å². The number of benzene rings is 2. The molecule has 0 bridgehead atoms. The maximum atomic E-state index is 13.0. The van der Waals surface area contributed by atoms with Crippen molar-refractivity contribution in [1.29, 1.82) is 0 Å². The van der Waals surface area contributed by atoms with E-state index >= 15 is 0 Å². The fourth-order valence-electron chi connectivity index (χ4n) is 4.42. The van der Waals surface area contributed by atoms with Crippen molar-refractivity contribution in [1.82, 2.24) is 9.78 Å². The molecule has 0 atom stereocenters. The molecular formula is C26H27ClN2O4. The number of carbonyl (C=O) groups is 1. The Hall–Kier alpha value is -2.96. The Morgan fingerprint density at radius 3 is 2.33 bits per heavy atom. The molecule has 0 unspecified atom stereocenters. The van der Waals surface area contributed by atoms with Crippen molar-refractivity contribution in [2.45, 2.75) is 32.2 Å². The molecule has 6 nitrogen and oxygen atoms in total. The van der Waals surface area contributed by atoms with Crippen LogP contribution in [0.5, 0.6) is 0 Å². The van der Waals surface area contributed by atoms with E-state index in [9.17, 15) is 9.59 Å². The molecule has 3 aromatic rings. The van der Waals surface area contributed by atoms with E-state index in [1.165, 1.54) is 0 Å². The maximum Gasteiger partial charge on any atom is 0.329 e. The summed E-state index contributed by atoms with van der Waals surface area (Å²) in [6.45, 7) is 0.793. The number of hydrogen-bond donors (Lipinski definition) is 1. The van der Waals surface area contributed by atoms with Crippen LogP contribution in [0.3, 0.4) is 0 Å². The zero-order valence-electron chi connectivity index (χ0n) is 18.3. The second-order valence-electron chi connectivity index (χ2n) is 8.60. The summed E-state index contributed by atoms with van der Waals surface area (Å²) < 4.78 is 6.84. The predicted octanol–water partition coefficient (Wildman–Crippen LogP) is 5.14. The number of carboxylic acid groups (broad SMARTS) is 1. The van der Waals surface area contributed by atoms with E-state index in [-0.39, 0.29) is 12.2 Å². The standard InChI is InChI=1S/C26H27ClN2O4/c27-22-12-10-21(11-13-22)26-23(20-4-2-1-3-5-20)14-24(30)29(28-26)15-18-6-8-19(9-7-18)16-33-17-25(31)32/h1-5,10-14,18-19H,6-9,15-17H2,(H,31,32). The Morgan fingerprint density at radius 2 is 1.67 bits per heavy atom. The van der Waals surface area contributed by atoms with Crippen LogP contribution in [0.25, 0.3) is 22.4 Å². The highest BCUT2D eigenvalue weighted by atomic mass is 35.5. The molecule has 172 valence electrons. The van der Waals surface area contributed by atoms with Crippen molar-refractivity contribution in [3.63, 3.8) is 0 Å². The van der Waals surface area contributed by atoms with Gasteiger partial charge in [-0.2, -0.15) is 5.10 Å². The molecule has 2 aromatic carbocycles. The molecule has 1 saturated carbocycles. The third kappa shape index (κ3) is 6.09. The summed E-state index contributed by atoms with van der Waals surface area (Å²) in [5.41, 5.74) is 3.30. The van der Waals surface area contributed by atoms with Crippen LogP contribution in [-0.2, 0) is 16.1 Å². The molecule has 0 saturated heterocycles. The predicted molar refractivity (Wildman–Crippen MR) is 128 cm³/mol. The summed E-state index contributed by atoms with van der Waals surface area (Å²) in [5, 5.41) is 14.2. The van der Waals surface area contributed by atoms with Gasteiger partial charge in [0.25, 0.3) is 5.56 Å². The zero-order valence-corrected chi connectivity index (χ0v) is 19.1. The number of rotatable bonds is 8. The van der Waals surface area contributed by atoms with Crippen LogP contribution >= 0.6 is 11.6 Å². The molecule has 33 heavy (non-hydrogen) atoms. The van der Waals surface area contributed by atoms with Gasteiger partial charge in [-0.15, -0.1) is 0 Å². The molecule has 1 aromatic heterocycles. The summed E-state index contributed by atoms with van der Waals surface area (Å²) >= 11 is 6.09. The Morgan fingerprint density at radius 1 is 1.00 bits per heavy atom. The normalized spacial score (nSPS) is 18.2. The van der Waals surface area contributed by atoms with Gasteiger partial charge in [-0.05, 0) is 55.2 Å². The number of nitrogens with zero attached hydrogens (tertiary/aromatic N) is 2. The first-order valence-electron chi connectivity index (χ1n) is 11.2. The van der Waals surface area contributed by atoms with Crippen LogP contribution in [0.1, 0.15) is 25.7 Å². The van der Waals surface area contributed by atoms with E-state index < -0.39 is 5.97 Å². The van der Waals surface area contributed by atoms with Gasteiger partial charge in [-0.3, -0.25) is 4.79 Å². The number of hydrogen-bond acceptors (Lipinski definition) is 4. The molecule has 1 aliphatic rings. The van der Waals surface area contributed by atoms with Gasteiger partial charge in [-0.1, -0.05) is 54.1 Å². The van der Waals surface area contributed by atoms with Crippen LogP contribution in [-0.4, -0.2) is 34.1 Å². The first-order chi connectivity index (χ1) is 16.0. The van der Waals surface area contributed by atoms with E-state index in [1.807, 2.05) is 54.6 Å². The van der Waals surface area contributed by atoms with Gasteiger partial charge < -0.3 is 9.84 Å². The second-order valence-corrected chi connectivity index (χ2v) is 9.03. The summed E-state index contributed by atoms with van der Waals surface area (Å²) in [6, 6.07) is 19.0. The molecule has 7 heteroatoms. The van der Waals surface area contributed by atoms with Crippen molar-refractivity contribution in [3.05, 3.63) is 76.0 Å². The zero-order chi connectivity index (χ0) is 23.2. The molecule has 0 spiro atoms. The number of carboxylic acids is 1. The highest BCUT2D eigenvalue weighted by molar-refractivity contribution is 6.30. The first-order valence-corrected chi connectivity index (χ1v) is 11.6. The lowest BCUT2D eigenvalue weighted by Gasteiger charge is -2.28. The Balaban J connectivity index is 1.54. The number of aliphatic carboxylic acids is 1. The van der Waals surface area contributed by atoms with Crippen molar-refractivity contribution in [3.8, 4) is 22.4 Å². The van der Waals surface area contributed by atoms with E-state index in [0.29, 0.717) is 30.0 Å². The molecule has 1 fully saturated rings. The Labute approximate surface area is 197 Å². The van der Waals surface area contributed by atoms with Crippen molar-refractivity contribution >= 4 is 17.6 Å². The van der Waals surface area contributed by atoms with E-state index in [2.05, 4.69) is 0 Å². The largest absolute Gasteiger partial charge is 0.480 e. The Kier molecular flexibility index (Phi) is 7.57. The van der Waals surface area contributed by atoms with Gasteiger partial charge >= 0.3 is 5.97 Å². The molecular weight excluding hydrogens is 440 g/mol. The van der Waals surface area contributed by atoms with Gasteiger partial charge in [0.15, 0.2) is 0 Å². The van der Waals surface area contributed by atoms with Crippen LogP contribution in [0.4, 0.5) is 0 Å². The van der Waals surface area contributed by atoms with Crippen LogP contribution < -0.4 is 5.56 Å². The van der Waals surface area contributed by atoms with Crippen LogP contribution in [0, 0.1) is 11.8 Å².